The standard InChI is InChI=1S/C18H14F3NO4S/c19-18(20,21)26-13-5-3-11(4-6-13)17(24)22-9-14(23)16-8-12(10-27-16)15-2-1-7-25-15/h1-8,10,14,23H,9H2,(H,22,24). The number of hydrogen-bond acceptors (Lipinski definition) is 5. The topological polar surface area (TPSA) is 71.7 Å². The molecule has 142 valence electrons. The first-order valence-electron chi connectivity index (χ1n) is 7.76. The molecule has 1 unspecified atom stereocenters. The van der Waals surface area contributed by atoms with Crippen LogP contribution in [0, 0.1) is 0 Å². The van der Waals surface area contributed by atoms with Gasteiger partial charge in [0.1, 0.15) is 17.6 Å². The third-order valence-electron chi connectivity index (χ3n) is 3.56. The first kappa shape index (κ1) is 19.0. The lowest BCUT2D eigenvalue weighted by molar-refractivity contribution is -0.274. The quantitative estimate of drug-likeness (QED) is 0.648. The van der Waals surface area contributed by atoms with Crippen molar-refractivity contribution >= 4 is 17.2 Å². The van der Waals surface area contributed by atoms with Crippen molar-refractivity contribution in [2.24, 2.45) is 0 Å². The Kier molecular flexibility index (Phi) is 5.52. The van der Waals surface area contributed by atoms with E-state index in [0.29, 0.717) is 10.6 Å². The molecule has 0 aliphatic rings. The fraction of sp³-hybridized carbons (Fsp3) is 0.167. The fourth-order valence-corrected chi connectivity index (χ4v) is 3.18. The van der Waals surface area contributed by atoms with E-state index >= 15 is 0 Å². The smallest absolute Gasteiger partial charge is 0.464 e. The molecule has 2 N–H and O–H groups in total. The summed E-state index contributed by atoms with van der Waals surface area (Å²) >= 11 is 1.33. The number of thiophene rings is 1. The van der Waals surface area contributed by atoms with Gasteiger partial charge in [-0.1, -0.05) is 0 Å². The van der Waals surface area contributed by atoms with Crippen molar-refractivity contribution < 1.29 is 32.2 Å². The number of aliphatic hydroxyl groups is 1. The highest BCUT2D eigenvalue weighted by Gasteiger charge is 2.31. The average Bonchev–Trinajstić information content (AvgIpc) is 3.29. The van der Waals surface area contributed by atoms with E-state index in [2.05, 4.69) is 10.1 Å². The van der Waals surface area contributed by atoms with Crippen LogP contribution in [-0.2, 0) is 0 Å². The molecule has 1 aromatic carbocycles. The second kappa shape index (κ2) is 7.85. The number of carbonyl (C=O) groups is 1. The van der Waals surface area contributed by atoms with E-state index in [1.165, 1.54) is 23.5 Å². The SMILES string of the molecule is O=C(NCC(O)c1cc(-c2ccco2)cs1)c1ccc(OC(F)(F)F)cc1. The summed E-state index contributed by atoms with van der Waals surface area (Å²) in [5.41, 5.74) is 0.977. The van der Waals surface area contributed by atoms with Crippen molar-refractivity contribution in [3.05, 3.63) is 64.5 Å². The Balaban J connectivity index is 1.55. The normalized spacial score (nSPS) is 12.6. The van der Waals surface area contributed by atoms with Crippen LogP contribution in [0.3, 0.4) is 0 Å². The van der Waals surface area contributed by atoms with Crippen LogP contribution in [0.25, 0.3) is 11.3 Å². The highest BCUT2D eigenvalue weighted by Crippen LogP contribution is 2.29. The molecule has 3 aromatic rings. The van der Waals surface area contributed by atoms with Crippen molar-refractivity contribution in [3.63, 3.8) is 0 Å². The number of alkyl halides is 3. The number of hydrogen-bond donors (Lipinski definition) is 2. The van der Waals surface area contributed by atoms with E-state index in [1.54, 1.807) is 24.5 Å². The Morgan fingerprint density at radius 2 is 2.00 bits per heavy atom. The van der Waals surface area contributed by atoms with E-state index in [-0.39, 0.29) is 12.1 Å². The summed E-state index contributed by atoms with van der Waals surface area (Å²) in [5.74, 6) is -0.256. The maximum Gasteiger partial charge on any atom is 0.573 e. The van der Waals surface area contributed by atoms with Crippen molar-refractivity contribution in [1.82, 2.24) is 5.32 Å². The van der Waals surface area contributed by atoms with E-state index in [0.717, 1.165) is 17.7 Å². The predicted octanol–water partition coefficient (Wildman–Crippen LogP) is 4.37. The molecule has 2 heterocycles. The zero-order chi connectivity index (χ0) is 19.4. The van der Waals surface area contributed by atoms with Gasteiger partial charge in [0.05, 0.1) is 6.26 Å². The zero-order valence-electron chi connectivity index (χ0n) is 13.7. The lowest BCUT2D eigenvalue weighted by Gasteiger charge is -2.11. The molecule has 0 spiro atoms. The number of aliphatic hydroxyl groups excluding tert-OH is 1. The van der Waals surface area contributed by atoms with Crippen LogP contribution in [-0.4, -0.2) is 23.9 Å². The number of halogens is 3. The molecule has 1 atom stereocenters. The molecule has 0 aliphatic heterocycles. The summed E-state index contributed by atoms with van der Waals surface area (Å²) in [6.07, 6.45) is -4.16. The molecule has 0 bridgehead atoms. The molecule has 0 aliphatic carbocycles. The van der Waals surface area contributed by atoms with Gasteiger partial charge in [0.25, 0.3) is 5.91 Å². The molecule has 2 aromatic heterocycles. The summed E-state index contributed by atoms with van der Waals surface area (Å²) in [5, 5.41) is 14.6. The molecule has 3 rings (SSSR count). The van der Waals surface area contributed by atoms with Gasteiger partial charge >= 0.3 is 6.36 Å². The summed E-state index contributed by atoms with van der Waals surface area (Å²) in [6, 6.07) is 9.84. The van der Waals surface area contributed by atoms with Crippen molar-refractivity contribution in [1.29, 1.82) is 0 Å². The second-order valence-electron chi connectivity index (χ2n) is 5.51. The summed E-state index contributed by atoms with van der Waals surface area (Å²) < 4.78 is 45.4. The molecular weight excluding hydrogens is 383 g/mol. The number of nitrogens with one attached hydrogen (secondary N) is 1. The Labute approximate surface area is 156 Å². The number of carbonyl (C=O) groups excluding carboxylic acids is 1. The summed E-state index contributed by atoms with van der Waals surface area (Å²) in [7, 11) is 0. The first-order valence-corrected chi connectivity index (χ1v) is 8.64. The predicted molar refractivity (Wildman–Crippen MR) is 92.4 cm³/mol. The third kappa shape index (κ3) is 5.11. The monoisotopic (exact) mass is 397 g/mol. The summed E-state index contributed by atoms with van der Waals surface area (Å²) in [6.45, 7) is -0.0439. The Morgan fingerprint density at radius 3 is 2.63 bits per heavy atom. The van der Waals surface area contributed by atoms with Crippen LogP contribution in [0.4, 0.5) is 13.2 Å². The van der Waals surface area contributed by atoms with Crippen molar-refractivity contribution in [2.45, 2.75) is 12.5 Å². The Bertz CT molecular complexity index is 888. The summed E-state index contributed by atoms with van der Waals surface area (Å²) in [4.78, 5) is 12.7. The van der Waals surface area contributed by atoms with Crippen LogP contribution in [0.1, 0.15) is 21.3 Å². The number of furan rings is 1. The van der Waals surface area contributed by atoms with E-state index in [4.69, 9.17) is 4.42 Å². The van der Waals surface area contributed by atoms with Gasteiger partial charge in [-0.3, -0.25) is 4.79 Å². The molecule has 0 saturated heterocycles. The molecule has 1 amide bonds. The molecule has 0 saturated carbocycles. The average molecular weight is 397 g/mol. The van der Waals surface area contributed by atoms with Gasteiger partial charge in [0.2, 0.25) is 0 Å². The minimum atomic E-state index is -4.79. The molecular formula is C18H14F3NO4S. The van der Waals surface area contributed by atoms with Crippen LogP contribution >= 0.6 is 11.3 Å². The minimum Gasteiger partial charge on any atom is -0.464 e. The van der Waals surface area contributed by atoms with E-state index in [9.17, 15) is 23.1 Å². The first-order chi connectivity index (χ1) is 12.8. The highest BCUT2D eigenvalue weighted by atomic mass is 32.1. The van der Waals surface area contributed by atoms with Gasteiger partial charge in [0, 0.05) is 27.9 Å². The lowest BCUT2D eigenvalue weighted by atomic mass is 10.2. The maximum absolute atomic E-state index is 12.1. The minimum absolute atomic E-state index is 0.0439. The maximum atomic E-state index is 12.1. The number of benzene rings is 1. The van der Waals surface area contributed by atoms with Gasteiger partial charge in [-0.2, -0.15) is 0 Å². The van der Waals surface area contributed by atoms with Crippen molar-refractivity contribution in [3.8, 4) is 17.1 Å². The second-order valence-corrected chi connectivity index (χ2v) is 6.46. The largest absolute Gasteiger partial charge is 0.573 e. The van der Waals surface area contributed by atoms with Gasteiger partial charge < -0.3 is 19.6 Å². The number of ether oxygens (including phenoxy) is 1. The number of amides is 1. The Hall–Kier alpha value is -2.78. The third-order valence-corrected chi connectivity index (χ3v) is 4.59. The van der Waals surface area contributed by atoms with Crippen LogP contribution in [0.2, 0.25) is 0 Å². The lowest BCUT2D eigenvalue weighted by Crippen LogP contribution is -2.28. The van der Waals surface area contributed by atoms with Gasteiger partial charge in [-0.05, 0) is 42.5 Å². The van der Waals surface area contributed by atoms with Gasteiger partial charge in [-0.25, -0.2) is 0 Å². The van der Waals surface area contributed by atoms with Crippen molar-refractivity contribution in [2.75, 3.05) is 6.54 Å². The van der Waals surface area contributed by atoms with Crippen LogP contribution < -0.4 is 10.1 Å². The van der Waals surface area contributed by atoms with Crippen LogP contribution in [0.5, 0.6) is 5.75 Å². The molecule has 27 heavy (non-hydrogen) atoms. The number of rotatable bonds is 6. The van der Waals surface area contributed by atoms with E-state index in [1.807, 2.05) is 5.38 Å². The Morgan fingerprint density at radius 1 is 1.26 bits per heavy atom. The van der Waals surface area contributed by atoms with Gasteiger partial charge in [0.15, 0.2) is 0 Å². The highest BCUT2D eigenvalue weighted by molar-refractivity contribution is 7.10. The molecule has 5 nitrogen and oxygen atoms in total. The fourth-order valence-electron chi connectivity index (χ4n) is 2.30. The molecule has 0 fully saturated rings. The van der Waals surface area contributed by atoms with E-state index < -0.39 is 24.1 Å². The van der Waals surface area contributed by atoms with Crippen LogP contribution in [0.15, 0.2) is 58.5 Å². The van der Waals surface area contributed by atoms with Gasteiger partial charge in [-0.15, -0.1) is 24.5 Å². The molecule has 0 radical (unpaired) electrons. The zero-order valence-corrected chi connectivity index (χ0v) is 14.5. The molecule has 9 heteroatoms.